The highest BCUT2D eigenvalue weighted by Gasteiger charge is 2.03. The summed E-state index contributed by atoms with van der Waals surface area (Å²) in [7, 11) is 0. The maximum atomic E-state index is 5.88. The molecule has 4 nitrogen and oxygen atoms in total. The first-order valence-corrected chi connectivity index (χ1v) is 5.38. The van der Waals surface area contributed by atoms with Gasteiger partial charge < -0.3 is 5.73 Å². The molecule has 0 saturated heterocycles. The average molecular weight is 216 g/mol. The smallest absolute Gasteiger partial charge is 0.147 e. The summed E-state index contributed by atoms with van der Waals surface area (Å²) >= 11 is 0. The zero-order valence-electron chi connectivity index (χ0n) is 9.64. The summed E-state index contributed by atoms with van der Waals surface area (Å²) in [5.74, 6) is 1.77. The summed E-state index contributed by atoms with van der Waals surface area (Å²) in [5.41, 5.74) is 7.89. The van der Waals surface area contributed by atoms with Gasteiger partial charge in [0.1, 0.15) is 11.6 Å². The largest absolute Gasteiger partial charge is 0.399 e. The first-order valence-electron chi connectivity index (χ1n) is 5.38. The van der Waals surface area contributed by atoms with Crippen molar-refractivity contribution < 1.29 is 0 Å². The molecule has 1 aromatic heterocycles. The summed E-state index contributed by atoms with van der Waals surface area (Å²) in [5, 5.41) is 4.32. The molecule has 0 radical (unpaired) electrons. The van der Waals surface area contributed by atoms with Gasteiger partial charge in [-0.15, -0.1) is 0 Å². The van der Waals surface area contributed by atoms with E-state index < -0.39 is 0 Å². The molecule has 84 valence electrons. The summed E-state index contributed by atoms with van der Waals surface area (Å²) in [6, 6.07) is 7.93. The number of hydrogen-bond acceptors (Lipinski definition) is 3. The lowest BCUT2D eigenvalue weighted by molar-refractivity contribution is 0.592. The molecule has 0 fully saturated rings. The van der Waals surface area contributed by atoms with E-state index in [1.165, 1.54) is 0 Å². The van der Waals surface area contributed by atoms with Crippen LogP contribution in [0.15, 0.2) is 24.3 Å². The van der Waals surface area contributed by atoms with Crippen molar-refractivity contribution in [2.45, 2.75) is 26.8 Å². The molecule has 0 spiro atoms. The molecule has 2 aromatic rings. The predicted octanol–water partition coefficient (Wildman–Crippen LogP) is 1.72. The first kappa shape index (κ1) is 10.7. The van der Waals surface area contributed by atoms with Crippen molar-refractivity contribution in [1.29, 1.82) is 0 Å². The molecule has 4 heteroatoms. The van der Waals surface area contributed by atoms with Crippen molar-refractivity contribution in [3.8, 4) is 0 Å². The molecule has 2 rings (SSSR count). The van der Waals surface area contributed by atoms with Crippen LogP contribution in [0.25, 0.3) is 0 Å². The Hall–Kier alpha value is -1.84. The van der Waals surface area contributed by atoms with E-state index in [1.807, 2.05) is 36.7 Å². The van der Waals surface area contributed by atoms with Crippen LogP contribution in [0.2, 0.25) is 0 Å². The first-order chi connectivity index (χ1) is 7.66. The number of para-hydroxylation sites is 1. The molecule has 1 heterocycles. The van der Waals surface area contributed by atoms with Crippen LogP contribution in [0.3, 0.4) is 0 Å². The van der Waals surface area contributed by atoms with E-state index >= 15 is 0 Å². The Morgan fingerprint density at radius 1 is 1.25 bits per heavy atom. The van der Waals surface area contributed by atoms with Crippen LogP contribution in [0.4, 0.5) is 5.69 Å². The van der Waals surface area contributed by atoms with Crippen LogP contribution < -0.4 is 5.73 Å². The van der Waals surface area contributed by atoms with Crippen LogP contribution in [-0.2, 0) is 13.0 Å². The molecule has 0 bridgehead atoms. The lowest BCUT2D eigenvalue weighted by atomic mass is 10.1. The predicted molar refractivity (Wildman–Crippen MR) is 64.1 cm³/mol. The van der Waals surface area contributed by atoms with Gasteiger partial charge in [-0.3, -0.25) is 0 Å². The molecule has 0 saturated carbocycles. The highest BCUT2D eigenvalue weighted by Crippen LogP contribution is 2.12. The van der Waals surface area contributed by atoms with Gasteiger partial charge in [0.25, 0.3) is 0 Å². The van der Waals surface area contributed by atoms with Crippen LogP contribution in [0, 0.1) is 13.8 Å². The highest BCUT2D eigenvalue weighted by molar-refractivity contribution is 5.46. The standard InChI is InChI=1S/C12H16N4/c1-9-14-10(2)16(15-9)8-7-11-5-3-4-6-12(11)13/h3-6H,7-8,13H2,1-2H3. The van der Waals surface area contributed by atoms with Gasteiger partial charge in [-0.05, 0) is 31.9 Å². The lowest BCUT2D eigenvalue weighted by Crippen LogP contribution is -2.06. The zero-order chi connectivity index (χ0) is 11.5. The Morgan fingerprint density at radius 2 is 2.00 bits per heavy atom. The number of aryl methyl sites for hydroxylation is 4. The maximum absolute atomic E-state index is 5.88. The van der Waals surface area contributed by atoms with E-state index in [4.69, 9.17) is 5.73 Å². The van der Waals surface area contributed by atoms with E-state index in [2.05, 4.69) is 16.1 Å². The normalized spacial score (nSPS) is 10.6. The van der Waals surface area contributed by atoms with Gasteiger partial charge in [-0.2, -0.15) is 5.10 Å². The van der Waals surface area contributed by atoms with Gasteiger partial charge in [-0.25, -0.2) is 9.67 Å². The van der Waals surface area contributed by atoms with Crippen molar-refractivity contribution in [2.24, 2.45) is 0 Å². The zero-order valence-corrected chi connectivity index (χ0v) is 9.64. The highest BCUT2D eigenvalue weighted by atomic mass is 15.3. The maximum Gasteiger partial charge on any atom is 0.147 e. The molecular formula is C12H16N4. The number of nitrogens with two attached hydrogens (primary N) is 1. The van der Waals surface area contributed by atoms with E-state index in [0.29, 0.717) is 0 Å². The third-order valence-corrected chi connectivity index (χ3v) is 2.61. The summed E-state index contributed by atoms with van der Waals surface area (Å²) in [4.78, 5) is 4.27. The Balaban J connectivity index is 2.08. The van der Waals surface area contributed by atoms with Crippen molar-refractivity contribution in [3.63, 3.8) is 0 Å². The minimum absolute atomic E-state index is 0.818. The summed E-state index contributed by atoms with van der Waals surface area (Å²) in [6.45, 7) is 4.69. The molecule has 0 atom stereocenters. The monoisotopic (exact) mass is 216 g/mol. The number of rotatable bonds is 3. The number of aromatic nitrogens is 3. The SMILES string of the molecule is Cc1nc(C)n(CCc2ccccc2N)n1. The molecule has 0 aliphatic carbocycles. The molecule has 0 amide bonds. The molecule has 2 N–H and O–H groups in total. The van der Waals surface area contributed by atoms with Crippen LogP contribution >= 0.6 is 0 Å². The third kappa shape index (κ3) is 2.21. The second-order valence-electron chi connectivity index (χ2n) is 3.88. The van der Waals surface area contributed by atoms with Gasteiger partial charge in [-0.1, -0.05) is 18.2 Å². The minimum atomic E-state index is 0.818. The van der Waals surface area contributed by atoms with E-state index in [1.54, 1.807) is 0 Å². The fourth-order valence-corrected chi connectivity index (χ4v) is 1.76. The topological polar surface area (TPSA) is 56.7 Å². The molecular weight excluding hydrogens is 200 g/mol. The van der Waals surface area contributed by atoms with Gasteiger partial charge in [0.05, 0.1) is 0 Å². The second kappa shape index (κ2) is 4.35. The number of anilines is 1. The Bertz CT molecular complexity index is 488. The second-order valence-corrected chi connectivity index (χ2v) is 3.88. The van der Waals surface area contributed by atoms with Crippen LogP contribution in [-0.4, -0.2) is 14.8 Å². The van der Waals surface area contributed by atoms with Gasteiger partial charge in [0.2, 0.25) is 0 Å². The molecule has 16 heavy (non-hydrogen) atoms. The number of benzene rings is 1. The average Bonchev–Trinajstić information content (AvgIpc) is 2.56. The quantitative estimate of drug-likeness (QED) is 0.795. The Morgan fingerprint density at radius 3 is 2.62 bits per heavy atom. The molecule has 0 aliphatic rings. The van der Waals surface area contributed by atoms with E-state index in [0.717, 1.165) is 35.9 Å². The fourth-order valence-electron chi connectivity index (χ4n) is 1.76. The Kier molecular flexibility index (Phi) is 2.90. The van der Waals surface area contributed by atoms with E-state index in [9.17, 15) is 0 Å². The van der Waals surface area contributed by atoms with Gasteiger partial charge >= 0.3 is 0 Å². The Labute approximate surface area is 95.1 Å². The molecule has 0 aliphatic heterocycles. The van der Waals surface area contributed by atoms with Gasteiger partial charge in [0.15, 0.2) is 0 Å². The minimum Gasteiger partial charge on any atom is -0.399 e. The van der Waals surface area contributed by atoms with Gasteiger partial charge in [0, 0.05) is 12.2 Å². The summed E-state index contributed by atoms with van der Waals surface area (Å²) < 4.78 is 1.92. The molecule has 1 aromatic carbocycles. The summed E-state index contributed by atoms with van der Waals surface area (Å²) in [6.07, 6.45) is 0.885. The van der Waals surface area contributed by atoms with Crippen molar-refractivity contribution in [3.05, 3.63) is 41.5 Å². The number of hydrogen-bond donors (Lipinski definition) is 1. The third-order valence-electron chi connectivity index (χ3n) is 2.61. The van der Waals surface area contributed by atoms with Crippen molar-refractivity contribution in [1.82, 2.24) is 14.8 Å². The lowest BCUT2D eigenvalue weighted by Gasteiger charge is -2.06. The van der Waals surface area contributed by atoms with E-state index in [-0.39, 0.29) is 0 Å². The van der Waals surface area contributed by atoms with Crippen molar-refractivity contribution in [2.75, 3.05) is 5.73 Å². The fraction of sp³-hybridized carbons (Fsp3) is 0.333. The number of nitrogens with zero attached hydrogens (tertiary/aromatic N) is 3. The van der Waals surface area contributed by atoms with Crippen molar-refractivity contribution >= 4 is 5.69 Å². The molecule has 0 unspecified atom stereocenters. The number of nitrogen functional groups attached to an aromatic ring is 1. The van der Waals surface area contributed by atoms with Crippen LogP contribution in [0.1, 0.15) is 17.2 Å². The van der Waals surface area contributed by atoms with Crippen LogP contribution in [0.5, 0.6) is 0 Å².